The number of ether oxygens (including phenoxy) is 1. The molecule has 0 aliphatic rings. The Morgan fingerprint density at radius 2 is 1.90 bits per heavy atom. The summed E-state index contributed by atoms with van der Waals surface area (Å²) in [6, 6.07) is 18.4. The van der Waals surface area contributed by atoms with E-state index >= 15 is 0 Å². The lowest BCUT2D eigenvalue weighted by molar-refractivity contribution is 0.306. The number of thiophene rings is 1. The maximum Gasteiger partial charge on any atom is 0.237 e. The Bertz CT molecular complexity index is 1230. The van der Waals surface area contributed by atoms with Gasteiger partial charge in [0.25, 0.3) is 0 Å². The minimum atomic E-state index is 0.501. The van der Waals surface area contributed by atoms with E-state index in [0.717, 1.165) is 53.1 Å². The van der Waals surface area contributed by atoms with Crippen LogP contribution < -0.4 is 4.74 Å². The van der Waals surface area contributed by atoms with Crippen LogP contribution in [0.1, 0.15) is 24.0 Å². The van der Waals surface area contributed by atoms with E-state index in [1.165, 1.54) is 5.56 Å². The molecule has 3 aromatic heterocycles. The first kappa shape index (κ1) is 19.6. The number of fused-ring (bicyclic) bond motifs is 1. The summed E-state index contributed by atoms with van der Waals surface area (Å²) in [7, 11) is 0. The monoisotopic (exact) mass is 429 g/mol. The van der Waals surface area contributed by atoms with Crippen molar-refractivity contribution in [2.24, 2.45) is 0 Å². The molecule has 0 bridgehead atoms. The zero-order valence-corrected chi connectivity index (χ0v) is 17.9. The van der Waals surface area contributed by atoms with Crippen LogP contribution in [0.15, 0.2) is 83.1 Å². The molecule has 0 aliphatic heterocycles. The van der Waals surface area contributed by atoms with E-state index in [4.69, 9.17) is 9.15 Å². The van der Waals surface area contributed by atoms with E-state index in [1.807, 2.05) is 54.4 Å². The molecule has 0 amide bonds. The lowest BCUT2D eigenvalue weighted by Crippen LogP contribution is -1.97. The smallest absolute Gasteiger partial charge is 0.237 e. The summed E-state index contributed by atoms with van der Waals surface area (Å²) in [4.78, 5) is 9.73. The third-order valence-electron chi connectivity index (χ3n) is 5.20. The number of unbranched alkanes of at least 4 members (excludes halogenated alkanes) is 1. The Labute approximate surface area is 185 Å². The summed E-state index contributed by atoms with van der Waals surface area (Å²) < 4.78 is 14.0. The molecule has 0 N–H and O–H groups in total. The average molecular weight is 430 g/mol. The summed E-state index contributed by atoms with van der Waals surface area (Å²) in [6.07, 6.45) is 9.08. The van der Waals surface area contributed by atoms with E-state index in [2.05, 4.69) is 38.8 Å². The van der Waals surface area contributed by atoms with E-state index in [1.54, 1.807) is 11.3 Å². The molecule has 31 heavy (non-hydrogen) atoms. The lowest BCUT2D eigenvalue weighted by atomic mass is 10.1. The highest BCUT2D eigenvalue weighted by atomic mass is 32.1. The second kappa shape index (κ2) is 9.18. The van der Waals surface area contributed by atoms with Crippen molar-refractivity contribution in [3.63, 3.8) is 0 Å². The SMILES string of the molecule is c1csc(-c2nc3cc(COc4ccc(CCCCn5ccnc5)cc4)ccc3o2)c1. The van der Waals surface area contributed by atoms with E-state index in [9.17, 15) is 0 Å². The maximum absolute atomic E-state index is 5.98. The highest BCUT2D eigenvalue weighted by Gasteiger charge is 2.09. The molecular formula is C25H23N3O2S. The Balaban J connectivity index is 1.14. The fourth-order valence-electron chi connectivity index (χ4n) is 3.53. The summed E-state index contributed by atoms with van der Waals surface area (Å²) >= 11 is 1.62. The van der Waals surface area contributed by atoms with Crippen molar-refractivity contribution in [2.45, 2.75) is 32.4 Å². The molecule has 5 rings (SSSR count). The first-order chi connectivity index (χ1) is 15.3. The van der Waals surface area contributed by atoms with Crippen LogP contribution in [0.4, 0.5) is 0 Å². The lowest BCUT2D eigenvalue weighted by Gasteiger charge is -2.08. The van der Waals surface area contributed by atoms with Crippen LogP contribution in [0.25, 0.3) is 21.9 Å². The molecular weight excluding hydrogens is 406 g/mol. The van der Waals surface area contributed by atoms with Crippen molar-refractivity contribution in [3.8, 4) is 16.5 Å². The number of hydrogen-bond donors (Lipinski definition) is 0. The van der Waals surface area contributed by atoms with Crippen molar-refractivity contribution in [2.75, 3.05) is 0 Å². The Morgan fingerprint density at radius 3 is 2.71 bits per heavy atom. The molecule has 0 fully saturated rings. The molecule has 3 heterocycles. The highest BCUT2D eigenvalue weighted by molar-refractivity contribution is 7.13. The normalized spacial score (nSPS) is 11.2. The summed E-state index contributed by atoms with van der Waals surface area (Å²) in [5, 5.41) is 2.02. The van der Waals surface area contributed by atoms with Crippen LogP contribution in [-0.4, -0.2) is 14.5 Å². The third kappa shape index (κ3) is 4.86. The molecule has 156 valence electrons. The number of oxazole rings is 1. The topological polar surface area (TPSA) is 53.1 Å². The van der Waals surface area contributed by atoms with Crippen LogP contribution in [-0.2, 0) is 19.6 Å². The number of nitrogens with zero attached hydrogens (tertiary/aromatic N) is 3. The fourth-order valence-corrected chi connectivity index (χ4v) is 4.18. The number of benzene rings is 2. The number of aromatic nitrogens is 3. The maximum atomic E-state index is 5.98. The van der Waals surface area contributed by atoms with Gasteiger partial charge in [-0.3, -0.25) is 0 Å². The zero-order valence-electron chi connectivity index (χ0n) is 17.1. The molecule has 0 aliphatic carbocycles. The molecule has 5 nitrogen and oxygen atoms in total. The van der Waals surface area contributed by atoms with Gasteiger partial charge in [0.1, 0.15) is 17.9 Å². The average Bonchev–Trinajstić information content (AvgIpc) is 3.57. The Kier molecular flexibility index (Phi) is 5.80. The fraction of sp³-hybridized carbons (Fsp3) is 0.200. The summed E-state index contributed by atoms with van der Waals surface area (Å²) in [6.45, 7) is 1.52. The number of hydrogen-bond acceptors (Lipinski definition) is 5. The van der Waals surface area contributed by atoms with Gasteiger partial charge in [0.2, 0.25) is 5.89 Å². The summed E-state index contributed by atoms with van der Waals surface area (Å²) in [5.74, 6) is 1.55. The second-order valence-corrected chi connectivity index (χ2v) is 8.44. The van der Waals surface area contributed by atoms with Gasteiger partial charge >= 0.3 is 0 Å². The molecule has 5 aromatic rings. The van der Waals surface area contributed by atoms with Crippen LogP contribution in [0.2, 0.25) is 0 Å². The first-order valence-corrected chi connectivity index (χ1v) is 11.3. The Hall–Kier alpha value is -3.38. The molecule has 0 spiro atoms. The highest BCUT2D eigenvalue weighted by Crippen LogP contribution is 2.28. The van der Waals surface area contributed by atoms with Gasteiger partial charge in [-0.05, 0) is 66.1 Å². The van der Waals surface area contributed by atoms with Crippen molar-refractivity contribution in [1.82, 2.24) is 14.5 Å². The van der Waals surface area contributed by atoms with Gasteiger partial charge in [-0.25, -0.2) is 9.97 Å². The van der Waals surface area contributed by atoms with E-state index in [-0.39, 0.29) is 0 Å². The molecule has 0 unspecified atom stereocenters. The Morgan fingerprint density at radius 1 is 1.00 bits per heavy atom. The molecule has 6 heteroatoms. The number of aryl methyl sites for hydroxylation is 2. The summed E-state index contributed by atoms with van der Waals surface area (Å²) in [5.41, 5.74) is 4.06. The number of imidazole rings is 1. The predicted octanol–water partition coefficient (Wildman–Crippen LogP) is 6.35. The molecule has 0 radical (unpaired) electrons. The largest absolute Gasteiger partial charge is 0.489 e. The van der Waals surface area contributed by atoms with Crippen molar-refractivity contribution in [3.05, 3.63) is 89.8 Å². The molecule has 0 saturated carbocycles. The van der Waals surface area contributed by atoms with Crippen LogP contribution in [0, 0.1) is 0 Å². The van der Waals surface area contributed by atoms with Crippen molar-refractivity contribution < 1.29 is 9.15 Å². The molecule has 0 atom stereocenters. The molecule has 0 saturated heterocycles. The van der Waals surface area contributed by atoms with Crippen LogP contribution in [0.3, 0.4) is 0 Å². The van der Waals surface area contributed by atoms with Gasteiger partial charge in [0.15, 0.2) is 5.58 Å². The third-order valence-corrected chi connectivity index (χ3v) is 6.06. The van der Waals surface area contributed by atoms with Crippen molar-refractivity contribution in [1.29, 1.82) is 0 Å². The minimum Gasteiger partial charge on any atom is -0.489 e. The number of rotatable bonds is 9. The van der Waals surface area contributed by atoms with Gasteiger partial charge < -0.3 is 13.7 Å². The van der Waals surface area contributed by atoms with E-state index < -0.39 is 0 Å². The van der Waals surface area contributed by atoms with Crippen LogP contribution >= 0.6 is 11.3 Å². The van der Waals surface area contributed by atoms with Crippen molar-refractivity contribution >= 4 is 22.4 Å². The van der Waals surface area contributed by atoms with Gasteiger partial charge in [-0.1, -0.05) is 24.3 Å². The quantitative estimate of drug-likeness (QED) is 0.256. The molecule has 2 aromatic carbocycles. The second-order valence-electron chi connectivity index (χ2n) is 7.49. The van der Waals surface area contributed by atoms with E-state index in [0.29, 0.717) is 12.5 Å². The first-order valence-electron chi connectivity index (χ1n) is 10.4. The van der Waals surface area contributed by atoms with Gasteiger partial charge in [0, 0.05) is 18.9 Å². The van der Waals surface area contributed by atoms with Gasteiger partial charge in [-0.15, -0.1) is 11.3 Å². The van der Waals surface area contributed by atoms with Crippen LogP contribution in [0.5, 0.6) is 5.75 Å². The van der Waals surface area contributed by atoms with Gasteiger partial charge in [-0.2, -0.15) is 0 Å². The standard InChI is InChI=1S/C25H23N3O2S/c1(2-13-28-14-12-26-18-28)4-19-6-9-21(10-7-19)29-17-20-8-11-23-22(16-20)27-25(30-23)24-5-3-15-31-24/h3,5-12,14-16,18H,1-2,4,13,17H2. The van der Waals surface area contributed by atoms with Gasteiger partial charge in [0.05, 0.1) is 11.2 Å². The predicted molar refractivity (Wildman–Crippen MR) is 123 cm³/mol. The zero-order chi connectivity index (χ0) is 20.9. The minimum absolute atomic E-state index is 0.501.